The van der Waals surface area contributed by atoms with Crippen molar-refractivity contribution in [1.29, 1.82) is 0 Å². The van der Waals surface area contributed by atoms with Gasteiger partial charge >= 0.3 is 40.5 Å². The summed E-state index contributed by atoms with van der Waals surface area (Å²) in [6.07, 6.45) is -1.92. The van der Waals surface area contributed by atoms with Gasteiger partial charge in [-0.1, -0.05) is 13.5 Å². The van der Waals surface area contributed by atoms with Crippen molar-refractivity contribution in [2.45, 2.75) is 129 Å². The molecular formula is C24H60O11Si7. The van der Waals surface area contributed by atoms with Gasteiger partial charge in [0.25, 0.3) is 0 Å². The quantitative estimate of drug-likeness (QED) is 0.0746. The average molecular weight is 721 g/mol. The molecule has 0 amide bonds. The second kappa shape index (κ2) is 14.4. The zero-order chi connectivity index (χ0) is 34.0. The van der Waals surface area contributed by atoms with Gasteiger partial charge in [-0.05, 0) is 105 Å². The van der Waals surface area contributed by atoms with E-state index >= 15 is 0 Å². The van der Waals surface area contributed by atoms with Gasteiger partial charge in [0.2, 0.25) is 5.79 Å². The van der Waals surface area contributed by atoms with E-state index in [0.29, 0.717) is 0 Å². The first kappa shape index (κ1) is 42.4. The van der Waals surface area contributed by atoms with Crippen molar-refractivity contribution in [3.8, 4) is 0 Å². The van der Waals surface area contributed by atoms with E-state index in [-0.39, 0.29) is 5.57 Å². The van der Waals surface area contributed by atoms with E-state index in [9.17, 15) is 20.1 Å². The number of esters is 1. The molecule has 0 heterocycles. The fourth-order valence-electron chi connectivity index (χ4n) is 4.69. The molecule has 0 rings (SSSR count). The number of carbonyl (C=O) groups is 1. The average Bonchev–Trinajstić information content (AvgIpc) is 2.64. The van der Waals surface area contributed by atoms with Gasteiger partial charge in [-0.15, -0.1) is 0 Å². The SMILES string of the molecule is C=C(C)C(=O)OC(O)(C(O)CO)C(C)[Si](O[Si](C)(C)O[Si](C)(C)C)(O[Si](C)(C)O[Si](C)(C)C)O[Si](C)(C)O[Si](C)(C)C. The predicted octanol–water partition coefficient (Wildman–Crippen LogP) is 5.19. The summed E-state index contributed by atoms with van der Waals surface area (Å²) in [4.78, 5) is 12.8. The minimum Gasteiger partial charge on any atom is -0.437 e. The monoisotopic (exact) mass is 720 g/mol. The summed E-state index contributed by atoms with van der Waals surface area (Å²) in [5.74, 6) is -3.65. The molecule has 0 bridgehead atoms. The van der Waals surface area contributed by atoms with Crippen LogP contribution in [0.25, 0.3) is 0 Å². The molecule has 18 heteroatoms. The molecule has 0 saturated carbocycles. The lowest BCUT2D eigenvalue weighted by Crippen LogP contribution is -2.71. The molecule has 11 nitrogen and oxygen atoms in total. The molecule has 0 spiro atoms. The third kappa shape index (κ3) is 14.6. The van der Waals surface area contributed by atoms with Crippen LogP contribution in [0.1, 0.15) is 13.8 Å². The molecule has 0 aliphatic carbocycles. The second-order valence-electron chi connectivity index (χ2n) is 15.1. The van der Waals surface area contributed by atoms with Crippen LogP contribution in [0, 0.1) is 0 Å². The van der Waals surface area contributed by atoms with Crippen molar-refractivity contribution in [3.63, 3.8) is 0 Å². The highest BCUT2D eigenvalue weighted by molar-refractivity contribution is 6.93. The van der Waals surface area contributed by atoms with Crippen molar-refractivity contribution in [2.24, 2.45) is 0 Å². The highest BCUT2D eigenvalue weighted by atomic mass is 28.5. The summed E-state index contributed by atoms with van der Waals surface area (Å²) in [5.41, 5.74) is -1.33. The number of hydrogen-bond donors (Lipinski definition) is 3. The number of aliphatic hydroxyl groups excluding tert-OH is 2. The van der Waals surface area contributed by atoms with Crippen LogP contribution in [-0.2, 0) is 34.2 Å². The van der Waals surface area contributed by atoms with E-state index in [4.69, 9.17) is 29.4 Å². The van der Waals surface area contributed by atoms with Crippen LogP contribution in [0.2, 0.25) is 104 Å². The fraction of sp³-hybridized carbons (Fsp3) is 0.875. The van der Waals surface area contributed by atoms with Crippen molar-refractivity contribution >= 4 is 65.4 Å². The lowest BCUT2D eigenvalue weighted by atomic mass is 10.1. The van der Waals surface area contributed by atoms with Gasteiger partial charge in [0.15, 0.2) is 25.0 Å². The standard InChI is InChI=1S/C24H60O11Si7/c1-20(2)23(27)29-24(28,22(26)19-25)21(3)42(33-39(13,14)30-36(4,5)6,34-40(15,16)31-37(7,8)9)35-41(17,18)32-38(10,11)12/h21-22,25-26,28H,1,19H2,2-18H3. The first-order valence-corrected chi connectivity index (χ1v) is 34.8. The Labute approximate surface area is 262 Å². The van der Waals surface area contributed by atoms with E-state index in [1.165, 1.54) is 13.8 Å². The molecule has 3 unspecified atom stereocenters. The largest absolute Gasteiger partial charge is 0.484 e. The van der Waals surface area contributed by atoms with E-state index in [2.05, 4.69) is 6.58 Å². The Kier molecular flexibility index (Phi) is 14.5. The van der Waals surface area contributed by atoms with Crippen LogP contribution in [0.15, 0.2) is 12.2 Å². The lowest BCUT2D eigenvalue weighted by Gasteiger charge is -2.51. The molecular weight excluding hydrogens is 661 g/mol. The minimum absolute atomic E-state index is 0.00824. The van der Waals surface area contributed by atoms with E-state index < -0.39 is 89.4 Å². The Balaban J connectivity index is 7.70. The van der Waals surface area contributed by atoms with Crippen LogP contribution in [-0.4, -0.2) is 99.2 Å². The van der Waals surface area contributed by atoms with Crippen LogP contribution in [0.4, 0.5) is 0 Å². The molecule has 0 aliphatic heterocycles. The summed E-state index contributed by atoms with van der Waals surface area (Å²) >= 11 is 0. The van der Waals surface area contributed by atoms with Gasteiger partial charge in [0.05, 0.1) is 12.1 Å². The summed E-state index contributed by atoms with van der Waals surface area (Å²) in [5, 5.41) is 33.1. The molecule has 0 fully saturated rings. The third-order valence-corrected chi connectivity index (χ3v) is 29.3. The summed E-state index contributed by atoms with van der Waals surface area (Å²) in [6, 6.07) is 0. The zero-order valence-corrected chi connectivity index (χ0v) is 36.2. The molecule has 0 aromatic rings. The third-order valence-electron chi connectivity index (χ3n) is 5.23. The Morgan fingerprint density at radius 1 is 0.690 bits per heavy atom. The maximum Gasteiger partial charge on any atom is 0.484 e. The first-order valence-electron chi connectivity index (χ1n) is 14.3. The first-order chi connectivity index (χ1) is 18.2. The van der Waals surface area contributed by atoms with Crippen LogP contribution in [0.5, 0.6) is 0 Å². The van der Waals surface area contributed by atoms with Gasteiger partial charge in [-0.3, -0.25) is 0 Å². The van der Waals surface area contributed by atoms with Gasteiger partial charge in [0.1, 0.15) is 6.10 Å². The maximum absolute atomic E-state index is 12.8. The normalized spacial score (nSPS) is 17.4. The predicted molar refractivity (Wildman–Crippen MR) is 183 cm³/mol. The number of ether oxygens (including phenoxy) is 1. The molecule has 42 heavy (non-hydrogen) atoms. The summed E-state index contributed by atoms with van der Waals surface area (Å²) in [6.45, 7) is 35.2. The Morgan fingerprint density at radius 3 is 1.19 bits per heavy atom. The highest BCUT2D eigenvalue weighted by Crippen LogP contribution is 2.44. The Hall–Kier alpha value is 0.368. The van der Waals surface area contributed by atoms with Crippen molar-refractivity contribution in [1.82, 2.24) is 0 Å². The molecule has 0 saturated heterocycles. The summed E-state index contributed by atoms with van der Waals surface area (Å²) < 4.78 is 46.1. The smallest absolute Gasteiger partial charge is 0.437 e. The van der Waals surface area contributed by atoms with Crippen molar-refractivity contribution < 1.29 is 49.5 Å². The van der Waals surface area contributed by atoms with Crippen molar-refractivity contribution in [2.75, 3.05) is 6.61 Å². The molecule has 0 aromatic heterocycles. The molecule has 0 radical (unpaired) electrons. The molecule has 3 N–H and O–H groups in total. The molecule has 0 aromatic carbocycles. The van der Waals surface area contributed by atoms with Gasteiger partial charge in [-0.2, -0.15) is 0 Å². The van der Waals surface area contributed by atoms with Gasteiger partial charge < -0.3 is 44.7 Å². The lowest BCUT2D eigenvalue weighted by molar-refractivity contribution is -0.255. The summed E-state index contributed by atoms with van der Waals surface area (Å²) in [7, 11) is -20.2. The van der Waals surface area contributed by atoms with Crippen molar-refractivity contribution in [3.05, 3.63) is 12.2 Å². The highest BCUT2D eigenvalue weighted by Gasteiger charge is 2.67. The van der Waals surface area contributed by atoms with E-state index in [1.807, 2.05) is 98.2 Å². The van der Waals surface area contributed by atoms with Gasteiger partial charge in [0, 0.05) is 5.57 Å². The number of rotatable bonds is 18. The molecule has 0 aliphatic rings. The fourth-order valence-corrected chi connectivity index (χ4v) is 36.7. The molecule has 250 valence electrons. The topological polar surface area (TPSA) is 142 Å². The number of aliphatic hydroxyl groups is 3. The second-order valence-corrected chi connectivity index (χ2v) is 43.1. The molecule has 3 atom stereocenters. The van der Waals surface area contributed by atoms with Gasteiger partial charge in [-0.25, -0.2) is 4.79 Å². The van der Waals surface area contributed by atoms with Crippen LogP contribution >= 0.6 is 0 Å². The Bertz CT molecular complexity index is 853. The maximum atomic E-state index is 12.8. The van der Waals surface area contributed by atoms with E-state index in [1.54, 1.807) is 0 Å². The Morgan fingerprint density at radius 2 is 0.976 bits per heavy atom. The number of carbonyl (C=O) groups excluding carboxylic acids is 1. The van der Waals surface area contributed by atoms with Crippen LogP contribution < -0.4 is 0 Å². The minimum atomic E-state index is -4.37. The van der Waals surface area contributed by atoms with Crippen LogP contribution in [0.3, 0.4) is 0 Å². The zero-order valence-electron chi connectivity index (χ0n) is 29.2. The number of hydrogen-bond acceptors (Lipinski definition) is 11. The van der Waals surface area contributed by atoms with E-state index in [0.717, 1.165) is 0 Å².